The number of morpholine rings is 1. The second-order valence-corrected chi connectivity index (χ2v) is 9.98. The second kappa shape index (κ2) is 10.4. The largest absolute Gasteiger partial charge is 0.379 e. The molecule has 1 fully saturated rings. The first-order valence-corrected chi connectivity index (χ1v) is 11.5. The number of aliphatic imine (C=N–C) groups is 1. The predicted octanol–water partition coefficient (Wildman–Crippen LogP) is 1.10. The van der Waals surface area contributed by atoms with Crippen LogP contribution < -0.4 is 10.6 Å². The van der Waals surface area contributed by atoms with Gasteiger partial charge in [0.2, 0.25) is 10.0 Å². The Morgan fingerprint density at radius 3 is 2.48 bits per heavy atom. The number of rotatable bonds is 8. The fourth-order valence-electron chi connectivity index (χ4n) is 3.17. The van der Waals surface area contributed by atoms with Crippen molar-refractivity contribution in [3.63, 3.8) is 0 Å². The van der Waals surface area contributed by atoms with Crippen molar-refractivity contribution in [2.45, 2.75) is 37.8 Å². The summed E-state index contributed by atoms with van der Waals surface area (Å²) in [5.74, 6) is 0.672. The lowest BCUT2D eigenvalue weighted by Crippen LogP contribution is -2.56. The predicted molar refractivity (Wildman–Crippen MR) is 117 cm³/mol. The fourth-order valence-corrected chi connectivity index (χ4v) is 4.28. The standard InChI is InChI=1S/C20H35N5O3S/c1-6-21-19(23-16-20(2,3)25-11-13-28-14-12-25)22-15-17-9-7-8-10-18(17)29(26,27)24(4)5/h7-10H,6,11-16H2,1-5H3,(H2,21,22,23). The number of guanidine groups is 1. The SMILES string of the molecule is CCNC(=NCc1ccccc1S(=O)(=O)N(C)C)NCC(C)(C)N1CCOCC1. The topological polar surface area (TPSA) is 86.3 Å². The van der Waals surface area contributed by atoms with Crippen LogP contribution in [0, 0.1) is 0 Å². The van der Waals surface area contributed by atoms with Gasteiger partial charge in [-0.2, -0.15) is 0 Å². The van der Waals surface area contributed by atoms with Crippen LogP contribution in [-0.2, 0) is 21.3 Å². The summed E-state index contributed by atoms with van der Waals surface area (Å²) in [5, 5.41) is 6.65. The number of benzene rings is 1. The molecule has 0 bridgehead atoms. The third-order valence-electron chi connectivity index (χ3n) is 5.04. The van der Waals surface area contributed by atoms with E-state index in [1.54, 1.807) is 18.2 Å². The van der Waals surface area contributed by atoms with Crippen molar-refractivity contribution in [3.8, 4) is 0 Å². The van der Waals surface area contributed by atoms with Crippen molar-refractivity contribution in [2.75, 3.05) is 53.5 Å². The summed E-state index contributed by atoms with van der Waals surface area (Å²) in [5.41, 5.74) is 0.623. The molecule has 0 aliphatic carbocycles. The molecule has 0 atom stereocenters. The maximum atomic E-state index is 12.6. The first-order valence-electron chi connectivity index (χ1n) is 10.0. The highest BCUT2D eigenvalue weighted by molar-refractivity contribution is 7.89. The van der Waals surface area contributed by atoms with E-state index in [4.69, 9.17) is 4.74 Å². The average molecular weight is 426 g/mol. The Kier molecular flexibility index (Phi) is 8.45. The van der Waals surface area contributed by atoms with Crippen LogP contribution in [0.4, 0.5) is 0 Å². The first kappa shape index (κ1) is 23.6. The van der Waals surface area contributed by atoms with E-state index in [1.807, 2.05) is 13.0 Å². The van der Waals surface area contributed by atoms with Crippen LogP contribution in [0.1, 0.15) is 26.3 Å². The Morgan fingerprint density at radius 1 is 1.21 bits per heavy atom. The number of ether oxygens (including phenoxy) is 1. The quantitative estimate of drug-likeness (QED) is 0.479. The molecule has 0 amide bonds. The summed E-state index contributed by atoms with van der Waals surface area (Å²) in [4.78, 5) is 7.33. The molecule has 2 N–H and O–H groups in total. The Labute approximate surface area is 175 Å². The Hall–Kier alpha value is -1.68. The van der Waals surface area contributed by atoms with Gasteiger partial charge in [0.15, 0.2) is 5.96 Å². The molecule has 8 nitrogen and oxygen atoms in total. The third kappa shape index (κ3) is 6.40. The van der Waals surface area contributed by atoms with Crippen LogP contribution in [0.15, 0.2) is 34.2 Å². The summed E-state index contributed by atoms with van der Waals surface area (Å²) in [6, 6.07) is 7.00. The van der Waals surface area contributed by atoms with Gasteiger partial charge in [-0.25, -0.2) is 17.7 Å². The lowest BCUT2D eigenvalue weighted by Gasteiger charge is -2.41. The zero-order chi connectivity index (χ0) is 21.5. The molecule has 1 saturated heterocycles. The number of sulfonamides is 1. The highest BCUT2D eigenvalue weighted by Gasteiger charge is 2.28. The molecule has 0 saturated carbocycles. The summed E-state index contributed by atoms with van der Waals surface area (Å²) >= 11 is 0. The number of hydrogen-bond donors (Lipinski definition) is 2. The smallest absolute Gasteiger partial charge is 0.242 e. The number of nitrogens with zero attached hydrogens (tertiary/aromatic N) is 3. The summed E-state index contributed by atoms with van der Waals surface area (Å²) < 4.78 is 31.8. The summed E-state index contributed by atoms with van der Waals surface area (Å²) in [7, 11) is -0.440. The van der Waals surface area contributed by atoms with E-state index >= 15 is 0 Å². The highest BCUT2D eigenvalue weighted by Crippen LogP contribution is 2.19. The van der Waals surface area contributed by atoms with Gasteiger partial charge < -0.3 is 15.4 Å². The molecule has 0 unspecified atom stereocenters. The van der Waals surface area contributed by atoms with Crippen molar-refractivity contribution in [1.82, 2.24) is 19.8 Å². The van der Waals surface area contributed by atoms with Crippen LogP contribution in [0.5, 0.6) is 0 Å². The second-order valence-electron chi connectivity index (χ2n) is 7.86. The van der Waals surface area contributed by atoms with Crippen LogP contribution in [0.2, 0.25) is 0 Å². The normalized spacial score (nSPS) is 16.8. The minimum Gasteiger partial charge on any atom is -0.379 e. The van der Waals surface area contributed by atoms with E-state index in [1.165, 1.54) is 18.4 Å². The van der Waals surface area contributed by atoms with Gasteiger partial charge in [0.05, 0.1) is 24.7 Å². The molecule has 1 aromatic carbocycles. The van der Waals surface area contributed by atoms with Gasteiger partial charge in [-0.1, -0.05) is 18.2 Å². The van der Waals surface area contributed by atoms with Crippen molar-refractivity contribution in [2.24, 2.45) is 4.99 Å². The van der Waals surface area contributed by atoms with Gasteiger partial charge in [-0.3, -0.25) is 4.90 Å². The van der Waals surface area contributed by atoms with E-state index in [0.717, 1.165) is 39.4 Å². The third-order valence-corrected chi connectivity index (χ3v) is 6.95. The van der Waals surface area contributed by atoms with Crippen LogP contribution >= 0.6 is 0 Å². The van der Waals surface area contributed by atoms with E-state index in [0.29, 0.717) is 16.4 Å². The molecular formula is C20H35N5O3S. The lowest BCUT2D eigenvalue weighted by molar-refractivity contribution is -0.00834. The summed E-state index contributed by atoms with van der Waals surface area (Å²) in [6.07, 6.45) is 0. The maximum Gasteiger partial charge on any atom is 0.242 e. The van der Waals surface area contributed by atoms with Gasteiger partial charge in [-0.05, 0) is 32.4 Å². The van der Waals surface area contributed by atoms with Crippen molar-refractivity contribution < 1.29 is 13.2 Å². The Morgan fingerprint density at radius 2 is 1.86 bits per heavy atom. The van der Waals surface area contributed by atoms with Crippen LogP contribution in [0.25, 0.3) is 0 Å². The van der Waals surface area contributed by atoms with Gasteiger partial charge in [0, 0.05) is 45.8 Å². The molecule has 2 rings (SSSR count). The molecule has 0 spiro atoms. The average Bonchev–Trinajstić information content (AvgIpc) is 2.71. The Balaban J connectivity index is 2.12. The van der Waals surface area contributed by atoms with Crippen molar-refractivity contribution >= 4 is 16.0 Å². The minimum absolute atomic E-state index is 0.0495. The monoisotopic (exact) mass is 425 g/mol. The van der Waals surface area contributed by atoms with E-state index < -0.39 is 10.0 Å². The highest BCUT2D eigenvalue weighted by atomic mass is 32.2. The van der Waals surface area contributed by atoms with Crippen molar-refractivity contribution in [1.29, 1.82) is 0 Å². The molecule has 29 heavy (non-hydrogen) atoms. The van der Waals surface area contributed by atoms with Crippen LogP contribution in [-0.4, -0.2) is 82.6 Å². The molecular weight excluding hydrogens is 390 g/mol. The maximum absolute atomic E-state index is 12.6. The van der Waals surface area contributed by atoms with Gasteiger partial charge in [-0.15, -0.1) is 0 Å². The van der Waals surface area contributed by atoms with E-state index in [9.17, 15) is 8.42 Å². The molecule has 0 radical (unpaired) electrons. The molecule has 164 valence electrons. The fraction of sp³-hybridized carbons (Fsp3) is 0.650. The zero-order valence-electron chi connectivity index (χ0n) is 18.2. The Bertz CT molecular complexity index is 787. The lowest BCUT2D eigenvalue weighted by atomic mass is 10.0. The molecule has 1 aliphatic rings. The first-order chi connectivity index (χ1) is 13.7. The van der Waals surface area contributed by atoms with E-state index in [2.05, 4.69) is 34.4 Å². The molecule has 0 aromatic heterocycles. The van der Waals surface area contributed by atoms with Crippen LogP contribution in [0.3, 0.4) is 0 Å². The molecule has 1 heterocycles. The number of nitrogens with one attached hydrogen (secondary N) is 2. The zero-order valence-corrected chi connectivity index (χ0v) is 19.1. The van der Waals surface area contributed by atoms with E-state index in [-0.39, 0.29) is 12.1 Å². The minimum atomic E-state index is -3.51. The van der Waals surface area contributed by atoms with Gasteiger partial charge in [0.1, 0.15) is 0 Å². The van der Waals surface area contributed by atoms with Gasteiger partial charge in [0.25, 0.3) is 0 Å². The molecule has 9 heteroatoms. The van der Waals surface area contributed by atoms with Crippen molar-refractivity contribution in [3.05, 3.63) is 29.8 Å². The molecule has 1 aliphatic heterocycles. The summed E-state index contributed by atoms with van der Waals surface area (Å²) in [6.45, 7) is 11.5. The van der Waals surface area contributed by atoms with Gasteiger partial charge >= 0.3 is 0 Å². The number of hydrogen-bond acceptors (Lipinski definition) is 5. The molecule has 1 aromatic rings.